The lowest BCUT2D eigenvalue weighted by atomic mass is 10.1. The minimum absolute atomic E-state index is 0.0340. The van der Waals surface area contributed by atoms with Gasteiger partial charge in [-0.15, -0.1) is 0 Å². The molecule has 96 valence electrons. The molecule has 1 aromatic heterocycles. The summed E-state index contributed by atoms with van der Waals surface area (Å²) < 4.78 is 0. The van der Waals surface area contributed by atoms with E-state index in [0.29, 0.717) is 17.3 Å². The van der Waals surface area contributed by atoms with Crippen LogP contribution in [0.3, 0.4) is 0 Å². The number of nitrogens with zero attached hydrogens (tertiary/aromatic N) is 1. The fraction of sp³-hybridized carbons (Fsp3) is 0.200. The molecule has 1 amide bonds. The Morgan fingerprint density at radius 1 is 1.26 bits per heavy atom. The zero-order chi connectivity index (χ0) is 13.2. The molecule has 1 aliphatic rings. The van der Waals surface area contributed by atoms with Gasteiger partial charge in [-0.3, -0.25) is 9.78 Å². The first-order chi connectivity index (χ1) is 9.25. The first kappa shape index (κ1) is 11.7. The molecule has 1 saturated carbocycles. The summed E-state index contributed by atoms with van der Waals surface area (Å²) in [6.07, 6.45) is 4.06. The van der Waals surface area contributed by atoms with Crippen molar-refractivity contribution < 1.29 is 4.79 Å². The normalized spacial score (nSPS) is 20.8. The van der Waals surface area contributed by atoms with Gasteiger partial charge in [0.05, 0.1) is 17.6 Å². The number of carbonyl (C=O) groups is 1. The van der Waals surface area contributed by atoms with Crippen LogP contribution in [-0.2, 0) is 4.79 Å². The Morgan fingerprint density at radius 3 is 2.79 bits per heavy atom. The number of aromatic nitrogens is 1. The minimum atomic E-state index is 0.0340. The second-order valence-electron chi connectivity index (χ2n) is 4.81. The lowest BCUT2D eigenvalue weighted by molar-refractivity contribution is -0.117. The maximum atomic E-state index is 12.1. The maximum absolute atomic E-state index is 12.1. The summed E-state index contributed by atoms with van der Waals surface area (Å²) in [5.41, 5.74) is 8.12. The predicted octanol–water partition coefficient (Wildman–Crippen LogP) is 2.41. The van der Waals surface area contributed by atoms with E-state index in [4.69, 9.17) is 5.73 Å². The van der Waals surface area contributed by atoms with Gasteiger partial charge in [0, 0.05) is 12.1 Å². The number of anilines is 2. The van der Waals surface area contributed by atoms with Crippen molar-refractivity contribution in [3.05, 3.63) is 54.4 Å². The van der Waals surface area contributed by atoms with Gasteiger partial charge in [-0.05, 0) is 24.0 Å². The average molecular weight is 253 g/mol. The summed E-state index contributed by atoms with van der Waals surface area (Å²) in [6.45, 7) is 0. The number of hydrogen-bond acceptors (Lipinski definition) is 3. The maximum Gasteiger partial charge on any atom is 0.228 e. The molecule has 2 unspecified atom stereocenters. The fourth-order valence-electron chi connectivity index (χ4n) is 2.30. The number of nitrogen functional groups attached to an aromatic ring is 1. The average Bonchev–Trinajstić information content (AvgIpc) is 3.23. The molecule has 19 heavy (non-hydrogen) atoms. The van der Waals surface area contributed by atoms with Gasteiger partial charge in [0.2, 0.25) is 5.91 Å². The van der Waals surface area contributed by atoms with Crippen molar-refractivity contribution in [1.29, 1.82) is 0 Å². The van der Waals surface area contributed by atoms with Crippen molar-refractivity contribution in [2.24, 2.45) is 5.92 Å². The Bertz CT molecular complexity index is 597. The third kappa shape index (κ3) is 2.42. The SMILES string of the molecule is Nc1cnccc1NC(=O)C1CC1c1ccccc1. The van der Waals surface area contributed by atoms with E-state index in [1.807, 2.05) is 18.2 Å². The lowest BCUT2D eigenvalue weighted by Gasteiger charge is -2.07. The highest BCUT2D eigenvalue weighted by atomic mass is 16.2. The van der Waals surface area contributed by atoms with Gasteiger partial charge in [-0.25, -0.2) is 0 Å². The van der Waals surface area contributed by atoms with E-state index in [0.717, 1.165) is 6.42 Å². The molecule has 0 saturated heterocycles. The van der Waals surface area contributed by atoms with Crippen LogP contribution in [0.2, 0.25) is 0 Å². The summed E-state index contributed by atoms with van der Waals surface area (Å²) in [6, 6.07) is 11.8. The first-order valence-electron chi connectivity index (χ1n) is 6.31. The number of nitrogens with one attached hydrogen (secondary N) is 1. The van der Waals surface area contributed by atoms with Crippen LogP contribution in [-0.4, -0.2) is 10.9 Å². The Labute approximate surface area is 111 Å². The van der Waals surface area contributed by atoms with E-state index in [-0.39, 0.29) is 11.8 Å². The molecule has 2 atom stereocenters. The van der Waals surface area contributed by atoms with Gasteiger partial charge in [0.1, 0.15) is 0 Å². The molecule has 3 N–H and O–H groups in total. The van der Waals surface area contributed by atoms with Crippen LogP contribution in [0.4, 0.5) is 11.4 Å². The number of pyridine rings is 1. The highest BCUT2D eigenvalue weighted by Crippen LogP contribution is 2.47. The molecule has 1 aliphatic carbocycles. The van der Waals surface area contributed by atoms with Gasteiger partial charge < -0.3 is 11.1 Å². The number of nitrogens with two attached hydrogens (primary N) is 1. The molecule has 0 spiro atoms. The van der Waals surface area contributed by atoms with Crippen molar-refractivity contribution in [3.63, 3.8) is 0 Å². The lowest BCUT2D eigenvalue weighted by Crippen LogP contribution is -2.15. The van der Waals surface area contributed by atoms with Crippen LogP contribution in [0.1, 0.15) is 17.9 Å². The molecule has 4 heteroatoms. The van der Waals surface area contributed by atoms with Crippen LogP contribution in [0.15, 0.2) is 48.8 Å². The predicted molar refractivity (Wildman–Crippen MR) is 74.6 cm³/mol. The molecule has 0 radical (unpaired) electrons. The second-order valence-corrected chi connectivity index (χ2v) is 4.81. The highest BCUT2D eigenvalue weighted by Gasteiger charge is 2.43. The fourth-order valence-corrected chi connectivity index (χ4v) is 2.30. The largest absolute Gasteiger partial charge is 0.396 e. The number of amides is 1. The molecule has 1 heterocycles. The van der Waals surface area contributed by atoms with Crippen molar-refractivity contribution >= 4 is 17.3 Å². The van der Waals surface area contributed by atoms with Crippen LogP contribution in [0.25, 0.3) is 0 Å². The summed E-state index contributed by atoms with van der Waals surface area (Å²) in [4.78, 5) is 16.0. The first-order valence-corrected chi connectivity index (χ1v) is 6.31. The quantitative estimate of drug-likeness (QED) is 0.882. The molecule has 1 aromatic carbocycles. The van der Waals surface area contributed by atoms with Gasteiger partial charge in [-0.1, -0.05) is 30.3 Å². The monoisotopic (exact) mass is 253 g/mol. The Morgan fingerprint density at radius 2 is 2.05 bits per heavy atom. The molecule has 0 aliphatic heterocycles. The minimum Gasteiger partial charge on any atom is -0.396 e. The topological polar surface area (TPSA) is 68.0 Å². The molecular formula is C15H15N3O. The second kappa shape index (κ2) is 4.72. The number of carbonyl (C=O) groups excluding carboxylic acids is 1. The van der Waals surface area contributed by atoms with E-state index in [1.165, 1.54) is 11.8 Å². The van der Waals surface area contributed by atoms with Crippen LogP contribution in [0.5, 0.6) is 0 Å². The Balaban J connectivity index is 1.66. The van der Waals surface area contributed by atoms with E-state index < -0.39 is 0 Å². The van der Waals surface area contributed by atoms with Crippen LogP contribution in [0, 0.1) is 5.92 Å². The van der Waals surface area contributed by atoms with Crippen LogP contribution >= 0.6 is 0 Å². The van der Waals surface area contributed by atoms with Gasteiger partial charge in [0.25, 0.3) is 0 Å². The van der Waals surface area contributed by atoms with Crippen molar-refractivity contribution in [2.75, 3.05) is 11.1 Å². The van der Waals surface area contributed by atoms with E-state index in [1.54, 1.807) is 12.3 Å². The highest BCUT2D eigenvalue weighted by molar-refractivity contribution is 5.97. The van der Waals surface area contributed by atoms with Gasteiger partial charge in [0.15, 0.2) is 0 Å². The van der Waals surface area contributed by atoms with E-state index in [2.05, 4.69) is 22.4 Å². The third-order valence-corrected chi connectivity index (χ3v) is 3.46. The summed E-state index contributed by atoms with van der Waals surface area (Å²) >= 11 is 0. The number of rotatable bonds is 3. The molecule has 0 bridgehead atoms. The van der Waals surface area contributed by atoms with E-state index >= 15 is 0 Å². The number of benzene rings is 1. The summed E-state index contributed by atoms with van der Waals surface area (Å²) in [5, 5.41) is 2.87. The Kier molecular flexibility index (Phi) is 2.91. The van der Waals surface area contributed by atoms with Crippen molar-refractivity contribution in [3.8, 4) is 0 Å². The van der Waals surface area contributed by atoms with E-state index in [9.17, 15) is 4.79 Å². The third-order valence-electron chi connectivity index (χ3n) is 3.46. The smallest absolute Gasteiger partial charge is 0.228 e. The Hall–Kier alpha value is -2.36. The van der Waals surface area contributed by atoms with Crippen LogP contribution < -0.4 is 11.1 Å². The standard InChI is InChI=1S/C15H15N3O/c16-13-9-17-7-6-14(13)18-15(19)12-8-11(12)10-4-2-1-3-5-10/h1-7,9,11-12H,8,16H2,(H,17,18,19). The number of hydrogen-bond donors (Lipinski definition) is 2. The van der Waals surface area contributed by atoms with Crippen molar-refractivity contribution in [1.82, 2.24) is 4.98 Å². The molecule has 1 fully saturated rings. The summed E-state index contributed by atoms with van der Waals surface area (Å²) in [5.74, 6) is 0.422. The molecular weight excluding hydrogens is 238 g/mol. The zero-order valence-corrected chi connectivity index (χ0v) is 10.4. The van der Waals surface area contributed by atoms with Gasteiger partial charge in [-0.2, -0.15) is 0 Å². The molecule has 2 aromatic rings. The van der Waals surface area contributed by atoms with Crippen molar-refractivity contribution in [2.45, 2.75) is 12.3 Å². The molecule has 4 nitrogen and oxygen atoms in total. The molecule has 3 rings (SSSR count). The summed E-state index contributed by atoms with van der Waals surface area (Å²) in [7, 11) is 0. The zero-order valence-electron chi connectivity index (χ0n) is 10.4. The van der Waals surface area contributed by atoms with Gasteiger partial charge >= 0.3 is 0 Å².